The largest absolute Gasteiger partial charge is 0.495 e. The van der Waals surface area contributed by atoms with E-state index in [-0.39, 0.29) is 5.76 Å². The minimum absolute atomic E-state index is 0.00563. The minimum atomic E-state index is -0.504. The highest BCUT2D eigenvalue weighted by atomic mass is 35.5. The standard InChI is InChI=1S/C18H14ClFN2O3/c1-10-6-15(16(24-2)8-13(10)19)21-18(23)17-9-14(22-25-17)11-4-3-5-12(20)7-11/h3-9H,1-2H3,(H,21,23). The molecule has 0 saturated carbocycles. The number of aromatic nitrogens is 1. The van der Waals surface area contributed by atoms with E-state index in [1.807, 2.05) is 6.92 Å². The summed E-state index contributed by atoms with van der Waals surface area (Å²) in [6.07, 6.45) is 0. The van der Waals surface area contributed by atoms with Gasteiger partial charge in [0.05, 0.1) is 12.8 Å². The maximum Gasteiger partial charge on any atom is 0.294 e. The quantitative estimate of drug-likeness (QED) is 0.732. The van der Waals surface area contributed by atoms with Crippen molar-refractivity contribution < 1.29 is 18.4 Å². The van der Waals surface area contributed by atoms with Crippen molar-refractivity contribution in [2.75, 3.05) is 12.4 Å². The van der Waals surface area contributed by atoms with Crippen molar-refractivity contribution in [3.05, 3.63) is 64.6 Å². The molecule has 2 aromatic carbocycles. The summed E-state index contributed by atoms with van der Waals surface area (Å²) in [4.78, 5) is 12.4. The molecule has 3 aromatic rings. The maximum atomic E-state index is 13.3. The van der Waals surface area contributed by atoms with Gasteiger partial charge in [0.2, 0.25) is 5.76 Å². The van der Waals surface area contributed by atoms with Crippen LogP contribution in [0.1, 0.15) is 16.1 Å². The third-order valence-corrected chi connectivity index (χ3v) is 3.99. The summed E-state index contributed by atoms with van der Waals surface area (Å²) >= 11 is 6.05. The number of aryl methyl sites for hydroxylation is 1. The van der Waals surface area contributed by atoms with Crippen LogP contribution in [0.4, 0.5) is 10.1 Å². The Hall–Kier alpha value is -2.86. The fourth-order valence-electron chi connectivity index (χ4n) is 2.28. The lowest BCUT2D eigenvalue weighted by atomic mass is 10.1. The number of carbonyl (C=O) groups excluding carboxylic acids is 1. The van der Waals surface area contributed by atoms with Gasteiger partial charge < -0.3 is 14.6 Å². The Bertz CT molecular complexity index is 940. The Morgan fingerprint density at radius 1 is 1.28 bits per heavy atom. The van der Waals surface area contributed by atoms with Gasteiger partial charge >= 0.3 is 0 Å². The third kappa shape index (κ3) is 3.64. The SMILES string of the molecule is COc1cc(Cl)c(C)cc1NC(=O)c1cc(-c2cccc(F)c2)no1. The second kappa shape index (κ2) is 6.94. The molecule has 1 amide bonds. The van der Waals surface area contributed by atoms with Crippen LogP contribution in [0.5, 0.6) is 5.75 Å². The number of amides is 1. The molecule has 0 atom stereocenters. The lowest BCUT2D eigenvalue weighted by molar-refractivity contribution is 0.0987. The number of rotatable bonds is 4. The van der Waals surface area contributed by atoms with E-state index in [9.17, 15) is 9.18 Å². The van der Waals surface area contributed by atoms with E-state index in [2.05, 4.69) is 10.5 Å². The molecule has 0 fully saturated rings. The van der Waals surface area contributed by atoms with Gasteiger partial charge in [0, 0.05) is 22.7 Å². The van der Waals surface area contributed by atoms with Gasteiger partial charge in [-0.25, -0.2) is 4.39 Å². The number of benzene rings is 2. The number of hydrogen-bond donors (Lipinski definition) is 1. The summed E-state index contributed by atoms with van der Waals surface area (Å²) in [5.74, 6) is -0.481. The number of ether oxygens (including phenoxy) is 1. The number of methoxy groups -OCH3 is 1. The van der Waals surface area contributed by atoms with Crippen LogP contribution in [-0.4, -0.2) is 18.2 Å². The monoisotopic (exact) mass is 360 g/mol. The van der Waals surface area contributed by atoms with E-state index in [4.69, 9.17) is 20.9 Å². The smallest absolute Gasteiger partial charge is 0.294 e. The Morgan fingerprint density at radius 2 is 2.08 bits per heavy atom. The first kappa shape index (κ1) is 17.0. The molecular weight excluding hydrogens is 347 g/mol. The van der Waals surface area contributed by atoms with Crippen LogP contribution in [0.25, 0.3) is 11.3 Å². The minimum Gasteiger partial charge on any atom is -0.495 e. The zero-order valence-electron chi connectivity index (χ0n) is 13.5. The molecule has 0 unspecified atom stereocenters. The summed E-state index contributed by atoms with van der Waals surface area (Å²) in [6, 6.07) is 10.6. The average Bonchev–Trinajstić information content (AvgIpc) is 3.08. The van der Waals surface area contributed by atoms with Gasteiger partial charge in [-0.3, -0.25) is 4.79 Å². The van der Waals surface area contributed by atoms with Crippen LogP contribution < -0.4 is 10.1 Å². The Labute approximate surface area is 148 Å². The maximum absolute atomic E-state index is 13.3. The zero-order chi connectivity index (χ0) is 18.0. The van der Waals surface area contributed by atoms with Gasteiger partial charge in [-0.05, 0) is 30.7 Å². The second-order valence-corrected chi connectivity index (χ2v) is 5.75. The van der Waals surface area contributed by atoms with Crippen molar-refractivity contribution in [1.29, 1.82) is 0 Å². The Kier molecular flexibility index (Phi) is 4.72. The van der Waals surface area contributed by atoms with E-state index in [1.165, 1.54) is 25.3 Å². The van der Waals surface area contributed by atoms with E-state index in [0.717, 1.165) is 5.56 Å². The first-order chi connectivity index (χ1) is 12.0. The van der Waals surface area contributed by atoms with Crippen molar-refractivity contribution in [1.82, 2.24) is 5.16 Å². The molecule has 0 saturated heterocycles. The normalized spacial score (nSPS) is 10.6. The van der Waals surface area contributed by atoms with E-state index >= 15 is 0 Å². The molecule has 7 heteroatoms. The van der Waals surface area contributed by atoms with Crippen LogP contribution in [0, 0.1) is 12.7 Å². The fraction of sp³-hybridized carbons (Fsp3) is 0.111. The number of hydrogen-bond acceptors (Lipinski definition) is 4. The molecule has 0 bridgehead atoms. The molecule has 0 aliphatic heterocycles. The van der Waals surface area contributed by atoms with E-state index in [0.29, 0.717) is 27.7 Å². The van der Waals surface area contributed by atoms with Crippen molar-refractivity contribution in [3.63, 3.8) is 0 Å². The predicted octanol–water partition coefficient (Wildman–Crippen LogP) is 4.70. The molecule has 1 N–H and O–H groups in total. The van der Waals surface area contributed by atoms with Crippen LogP contribution in [0.15, 0.2) is 47.0 Å². The molecule has 128 valence electrons. The van der Waals surface area contributed by atoms with Gasteiger partial charge in [0.15, 0.2) is 0 Å². The third-order valence-electron chi connectivity index (χ3n) is 3.58. The predicted molar refractivity (Wildman–Crippen MR) is 92.6 cm³/mol. The molecule has 3 rings (SSSR count). The average molecular weight is 361 g/mol. The van der Waals surface area contributed by atoms with Crippen molar-refractivity contribution in [3.8, 4) is 17.0 Å². The zero-order valence-corrected chi connectivity index (χ0v) is 14.2. The van der Waals surface area contributed by atoms with Crippen LogP contribution in [-0.2, 0) is 0 Å². The van der Waals surface area contributed by atoms with Crippen molar-refractivity contribution in [2.24, 2.45) is 0 Å². The number of halogens is 2. The Balaban J connectivity index is 1.84. The number of nitrogens with zero attached hydrogens (tertiary/aromatic N) is 1. The summed E-state index contributed by atoms with van der Waals surface area (Å²) < 4.78 is 23.6. The lowest BCUT2D eigenvalue weighted by Crippen LogP contribution is -2.12. The molecule has 0 radical (unpaired) electrons. The van der Waals surface area contributed by atoms with Crippen molar-refractivity contribution >= 4 is 23.2 Å². The summed E-state index contributed by atoms with van der Waals surface area (Å²) in [5.41, 5.74) is 2.13. The highest BCUT2D eigenvalue weighted by Gasteiger charge is 2.17. The number of anilines is 1. The molecule has 1 aromatic heterocycles. The number of nitrogens with one attached hydrogen (secondary N) is 1. The first-order valence-electron chi connectivity index (χ1n) is 7.36. The molecule has 25 heavy (non-hydrogen) atoms. The van der Waals surface area contributed by atoms with Crippen molar-refractivity contribution in [2.45, 2.75) is 6.92 Å². The van der Waals surface area contributed by atoms with Gasteiger partial charge in [-0.2, -0.15) is 0 Å². The molecule has 5 nitrogen and oxygen atoms in total. The van der Waals surface area contributed by atoms with Crippen LogP contribution in [0.2, 0.25) is 5.02 Å². The van der Waals surface area contributed by atoms with Gasteiger partial charge in [-0.15, -0.1) is 0 Å². The summed E-state index contributed by atoms with van der Waals surface area (Å²) in [6.45, 7) is 1.81. The van der Waals surface area contributed by atoms with Gasteiger partial charge in [0.25, 0.3) is 5.91 Å². The molecule has 0 aliphatic rings. The Morgan fingerprint density at radius 3 is 2.80 bits per heavy atom. The van der Waals surface area contributed by atoms with E-state index in [1.54, 1.807) is 24.3 Å². The highest BCUT2D eigenvalue weighted by molar-refractivity contribution is 6.31. The second-order valence-electron chi connectivity index (χ2n) is 5.34. The first-order valence-corrected chi connectivity index (χ1v) is 7.74. The van der Waals surface area contributed by atoms with Gasteiger partial charge in [0.1, 0.15) is 17.3 Å². The molecule has 0 aliphatic carbocycles. The topological polar surface area (TPSA) is 64.4 Å². The highest BCUT2D eigenvalue weighted by Crippen LogP contribution is 2.31. The molecule has 0 spiro atoms. The van der Waals surface area contributed by atoms with Crippen LogP contribution in [0.3, 0.4) is 0 Å². The fourth-order valence-corrected chi connectivity index (χ4v) is 2.43. The van der Waals surface area contributed by atoms with E-state index < -0.39 is 11.7 Å². The van der Waals surface area contributed by atoms with Gasteiger partial charge in [-0.1, -0.05) is 28.9 Å². The summed E-state index contributed by atoms with van der Waals surface area (Å²) in [5, 5.41) is 7.03. The number of carbonyl (C=O) groups is 1. The molecular formula is C18H14ClFN2O3. The summed E-state index contributed by atoms with van der Waals surface area (Å²) in [7, 11) is 1.48. The van der Waals surface area contributed by atoms with Crippen LogP contribution >= 0.6 is 11.6 Å². The molecule has 1 heterocycles. The lowest BCUT2D eigenvalue weighted by Gasteiger charge is -2.11.